The predicted molar refractivity (Wildman–Crippen MR) is 223 cm³/mol. The van der Waals surface area contributed by atoms with Gasteiger partial charge in [-0.2, -0.15) is 0 Å². The second-order valence-electron chi connectivity index (χ2n) is 13.4. The summed E-state index contributed by atoms with van der Waals surface area (Å²) in [5, 5.41) is 13.5. The van der Waals surface area contributed by atoms with Crippen molar-refractivity contribution in [3.05, 3.63) is 192 Å². The summed E-state index contributed by atoms with van der Waals surface area (Å²) in [6.07, 6.45) is 0. The number of aryl methyl sites for hydroxylation is 4. The molecule has 0 atom stereocenters. The zero-order valence-electron chi connectivity index (χ0n) is 29.1. The first-order valence-corrected chi connectivity index (χ1v) is 20.0. The highest BCUT2D eigenvalue weighted by Gasteiger charge is 2.28. The van der Waals surface area contributed by atoms with E-state index in [0.29, 0.717) is 0 Å². The Bertz CT molecular complexity index is 2170. The van der Waals surface area contributed by atoms with Crippen molar-refractivity contribution in [1.82, 2.24) is 0 Å². The van der Waals surface area contributed by atoms with E-state index in [2.05, 4.69) is 198 Å². The Morgan fingerprint density at radius 3 is 0.860 bits per heavy atom. The first kappa shape index (κ1) is 32.4. The summed E-state index contributed by atoms with van der Waals surface area (Å²) >= 11 is 0. The van der Waals surface area contributed by atoms with E-state index in [1.54, 1.807) is 0 Å². The molecule has 0 unspecified atom stereocenters. The van der Waals surface area contributed by atoms with Gasteiger partial charge in [-0.1, -0.05) is 192 Å². The van der Waals surface area contributed by atoms with Gasteiger partial charge in [-0.05, 0) is 97.4 Å². The van der Waals surface area contributed by atoms with Crippen molar-refractivity contribution in [2.24, 2.45) is 0 Å². The molecule has 0 radical (unpaired) electrons. The zero-order chi connectivity index (χ0) is 34.2. The fourth-order valence-corrected chi connectivity index (χ4v) is 12.2. The van der Waals surface area contributed by atoms with E-state index >= 15 is 0 Å². The maximum absolute atomic E-state index is 2.42. The van der Waals surface area contributed by atoms with Crippen LogP contribution in [0.2, 0.25) is 0 Å². The minimum absolute atomic E-state index is 0.900. The molecule has 0 aliphatic carbocycles. The summed E-state index contributed by atoms with van der Waals surface area (Å²) in [5.74, 6) is 0. The lowest BCUT2D eigenvalue weighted by molar-refractivity contribution is 1.49. The van der Waals surface area contributed by atoms with E-state index in [4.69, 9.17) is 0 Å². The van der Waals surface area contributed by atoms with Gasteiger partial charge in [-0.15, -0.1) is 0 Å². The fraction of sp³-hybridized carbons (Fsp3) is 0.0833. The molecule has 50 heavy (non-hydrogen) atoms. The van der Waals surface area contributed by atoms with Gasteiger partial charge < -0.3 is 0 Å². The highest BCUT2D eigenvalue weighted by Crippen LogP contribution is 2.44. The zero-order valence-corrected chi connectivity index (χ0v) is 30.8. The molecule has 8 aromatic rings. The molecule has 0 aliphatic rings. The van der Waals surface area contributed by atoms with Crippen molar-refractivity contribution < 1.29 is 0 Å². The van der Waals surface area contributed by atoms with Gasteiger partial charge in [0.15, 0.2) is 0 Å². The summed E-state index contributed by atoms with van der Waals surface area (Å²) in [4.78, 5) is 0. The summed E-state index contributed by atoms with van der Waals surface area (Å²) in [6, 6.07) is 64.6. The van der Waals surface area contributed by atoms with E-state index in [0.717, 1.165) is 0 Å². The molecule has 2 heteroatoms. The molecule has 0 spiro atoms. The lowest BCUT2D eigenvalue weighted by Crippen LogP contribution is -2.26. The Morgan fingerprint density at radius 2 is 0.560 bits per heavy atom. The average molecular weight is 679 g/mol. The molecule has 0 bridgehead atoms. The molecule has 8 rings (SSSR count). The molecule has 0 N–H and O–H groups in total. The molecule has 242 valence electrons. The molecule has 8 aromatic carbocycles. The maximum atomic E-state index is 2.42. The number of rotatable bonds is 7. The maximum Gasteiger partial charge on any atom is 0.000618 e. The first-order chi connectivity index (χ1) is 24.4. The van der Waals surface area contributed by atoms with Gasteiger partial charge in [0.2, 0.25) is 0 Å². The molecule has 0 saturated carbocycles. The molecule has 0 aromatic heterocycles. The monoisotopic (exact) mass is 678 g/mol. The third kappa shape index (κ3) is 6.20. The Hall–Kier alpha value is -4.86. The molecule has 0 saturated heterocycles. The molecule has 0 aliphatic heterocycles. The SMILES string of the molecule is Cc1ccc(P(c2ccc(C)cc2)c2c(-c3ccc4ccccc4c3P(c3ccc(C)cc3)c3ccc(C)cc3)ccc3ccccc23)cc1. The smallest absolute Gasteiger partial charge is 0.000618 e. The van der Waals surface area contributed by atoms with Crippen LogP contribution in [0.15, 0.2) is 170 Å². The number of hydrogen-bond acceptors (Lipinski definition) is 0. The second-order valence-corrected chi connectivity index (χ2v) is 17.7. The quantitative estimate of drug-likeness (QED) is 0.147. The molecule has 0 heterocycles. The normalized spacial score (nSPS) is 11.6. The van der Waals surface area contributed by atoms with Gasteiger partial charge in [0.25, 0.3) is 0 Å². The van der Waals surface area contributed by atoms with Crippen LogP contribution >= 0.6 is 15.8 Å². The predicted octanol–water partition coefficient (Wildman–Crippen LogP) is 10.4. The minimum Gasteiger partial charge on any atom is -0.0616 e. The highest BCUT2D eigenvalue weighted by molar-refractivity contribution is 7.81. The summed E-state index contributed by atoms with van der Waals surface area (Å²) < 4.78 is 0. The van der Waals surface area contributed by atoms with Crippen LogP contribution in [-0.4, -0.2) is 0 Å². The van der Waals surface area contributed by atoms with Crippen molar-refractivity contribution in [3.63, 3.8) is 0 Å². The van der Waals surface area contributed by atoms with Crippen LogP contribution in [0.3, 0.4) is 0 Å². The number of hydrogen-bond donors (Lipinski definition) is 0. The van der Waals surface area contributed by atoms with E-state index in [9.17, 15) is 0 Å². The van der Waals surface area contributed by atoms with Crippen molar-refractivity contribution in [1.29, 1.82) is 0 Å². The van der Waals surface area contributed by atoms with Crippen molar-refractivity contribution in [2.45, 2.75) is 27.7 Å². The standard InChI is InChI=1S/C48H40P2/c1-33-13-23-39(24-14-33)49(40-25-15-34(2)16-26-40)47-43-11-7-5-9-37(43)21-31-45(47)46-32-22-38-10-6-8-12-44(38)48(46)50(41-27-17-35(3)18-28-41)42-29-19-36(4)20-30-42/h5-32H,1-4H3. The Morgan fingerprint density at radius 1 is 0.280 bits per heavy atom. The summed E-state index contributed by atoms with van der Waals surface area (Å²) in [5.41, 5.74) is 7.77. The van der Waals surface area contributed by atoms with Crippen LogP contribution in [0.1, 0.15) is 22.3 Å². The van der Waals surface area contributed by atoms with Crippen LogP contribution in [-0.2, 0) is 0 Å². The van der Waals surface area contributed by atoms with Gasteiger partial charge >= 0.3 is 0 Å². The summed E-state index contributed by atoms with van der Waals surface area (Å²) in [6.45, 7) is 8.73. The van der Waals surface area contributed by atoms with Crippen molar-refractivity contribution in [2.75, 3.05) is 0 Å². The van der Waals surface area contributed by atoms with E-state index in [1.165, 1.54) is 86.8 Å². The largest absolute Gasteiger partial charge is 0.0616 e. The molecule has 0 nitrogen and oxygen atoms in total. The lowest BCUT2D eigenvalue weighted by atomic mass is 9.98. The number of fused-ring (bicyclic) bond motifs is 2. The lowest BCUT2D eigenvalue weighted by Gasteiger charge is -2.28. The van der Waals surface area contributed by atoms with E-state index in [1.807, 2.05) is 0 Å². The second kappa shape index (κ2) is 13.8. The topological polar surface area (TPSA) is 0 Å². The van der Waals surface area contributed by atoms with Crippen LogP contribution in [0.5, 0.6) is 0 Å². The summed E-state index contributed by atoms with van der Waals surface area (Å²) in [7, 11) is -1.80. The van der Waals surface area contributed by atoms with E-state index in [-0.39, 0.29) is 0 Å². The van der Waals surface area contributed by atoms with Crippen LogP contribution in [0, 0.1) is 27.7 Å². The fourth-order valence-electron chi connectivity index (χ4n) is 7.02. The van der Waals surface area contributed by atoms with Gasteiger partial charge in [-0.3, -0.25) is 0 Å². The average Bonchev–Trinajstić information content (AvgIpc) is 3.15. The van der Waals surface area contributed by atoms with Crippen LogP contribution in [0.25, 0.3) is 32.7 Å². The van der Waals surface area contributed by atoms with Gasteiger partial charge in [-0.25, -0.2) is 0 Å². The van der Waals surface area contributed by atoms with Gasteiger partial charge in [0.1, 0.15) is 0 Å². The van der Waals surface area contributed by atoms with Crippen LogP contribution < -0.4 is 31.8 Å². The Labute approximate surface area is 299 Å². The molecule has 0 amide bonds. The first-order valence-electron chi connectivity index (χ1n) is 17.4. The molecular weight excluding hydrogens is 638 g/mol. The number of benzene rings is 8. The Kier molecular flexibility index (Phi) is 8.93. The van der Waals surface area contributed by atoms with E-state index < -0.39 is 15.8 Å². The van der Waals surface area contributed by atoms with Crippen molar-refractivity contribution in [3.8, 4) is 11.1 Å². The highest BCUT2D eigenvalue weighted by atomic mass is 31.1. The van der Waals surface area contributed by atoms with Crippen LogP contribution in [0.4, 0.5) is 0 Å². The Balaban J connectivity index is 1.50. The molecular formula is C48H40P2. The molecule has 0 fully saturated rings. The third-order valence-corrected chi connectivity index (χ3v) is 14.8. The van der Waals surface area contributed by atoms with Gasteiger partial charge in [0, 0.05) is 10.6 Å². The third-order valence-electron chi connectivity index (χ3n) is 9.71. The van der Waals surface area contributed by atoms with Crippen molar-refractivity contribution >= 4 is 69.2 Å². The van der Waals surface area contributed by atoms with Gasteiger partial charge in [0.05, 0.1) is 0 Å². The minimum atomic E-state index is -0.900.